The summed E-state index contributed by atoms with van der Waals surface area (Å²) in [6.07, 6.45) is 1.52. The molecule has 2 rings (SSSR count). The Kier molecular flexibility index (Phi) is 10.4. The van der Waals surface area contributed by atoms with Gasteiger partial charge in [0.2, 0.25) is 11.8 Å². The molecule has 5 nitrogen and oxygen atoms in total. The molecular weight excluding hydrogens is 400 g/mol. The summed E-state index contributed by atoms with van der Waals surface area (Å²) < 4.78 is 5.34. The molecule has 2 amide bonds. The molecule has 0 bridgehead atoms. The smallest absolute Gasteiger partial charge is 0.243 e. The van der Waals surface area contributed by atoms with E-state index in [9.17, 15) is 9.59 Å². The molecule has 6 heteroatoms. The lowest BCUT2D eigenvalue weighted by Gasteiger charge is -2.31. The van der Waals surface area contributed by atoms with Crippen LogP contribution in [0.1, 0.15) is 37.8 Å². The molecule has 0 saturated heterocycles. The Morgan fingerprint density at radius 2 is 1.73 bits per heavy atom. The third-order valence-corrected chi connectivity index (χ3v) is 5.06. The minimum atomic E-state index is -0.595. The zero-order chi connectivity index (χ0) is 21.8. The van der Waals surface area contributed by atoms with Gasteiger partial charge in [0, 0.05) is 44.2 Å². The van der Waals surface area contributed by atoms with Crippen LogP contribution in [-0.2, 0) is 27.3 Å². The van der Waals surface area contributed by atoms with E-state index in [1.165, 1.54) is 0 Å². The second-order valence-corrected chi connectivity index (χ2v) is 7.49. The summed E-state index contributed by atoms with van der Waals surface area (Å²) in [5.74, 6) is -0.207. The standard InChI is InChI=1S/C24H31ClN2O3/c1-3-23(28)27(18-20-11-13-21(25)14-12-20)22(17-19-9-6-5-7-10-19)24(29)26-15-8-16-30-4-2/h5-7,9-14,22H,3-4,8,15-18H2,1-2H3,(H,26,29)/t22-/m0/s1. The molecule has 1 N–H and O–H groups in total. The maximum absolute atomic E-state index is 13.1. The van der Waals surface area contributed by atoms with Crippen LogP contribution in [0.25, 0.3) is 0 Å². The Bertz CT molecular complexity index is 781. The summed E-state index contributed by atoms with van der Waals surface area (Å²) in [5, 5.41) is 3.62. The van der Waals surface area contributed by atoms with E-state index < -0.39 is 6.04 Å². The maximum Gasteiger partial charge on any atom is 0.243 e. The number of benzene rings is 2. The van der Waals surface area contributed by atoms with Gasteiger partial charge < -0.3 is 15.0 Å². The molecule has 0 unspecified atom stereocenters. The molecular formula is C24H31ClN2O3. The largest absolute Gasteiger partial charge is 0.382 e. The number of nitrogens with zero attached hydrogens (tertiary/aromatic N) is 1. The summed E-state index contributed by atoms with van der Waals surface area (Å²) in [5.41, 5.74) is 1.94. The van der Waals surface area contributed by atoms with Crippen LogP contribution < -0.4 is 5.32 Å². The molecule has 162 valence electrons. The number of rotatable bonds is 12. The van der Waals surface area contributed by atoms with Crippen LogP contribution in [0.3, 0.4) is 0 Å². The lowest BCUT2D eigenvalue weighted by atomic mass is 10.0. The van der Waals surface area contributed by atoms with Gasteiger partial charge in [-0.3, -0.25) is 9.59 Å². The van der Waals surface area contributed by atoms with Gasteiger partial charge in [-0.15, -0.1) is 0 Å². The lowest BCUT2D eigenvalue weighted by Crippen LogP contribution is -2.50. The number of carbonyl (C=O) groups is 2. The quantitative estimate of drug-likeness (QED) is 0.512. The fourth-order valence-corrected chi connectivity index (χ4v) is 3.32. The lowest BCUT2D eigenvalue weighted by molar-refractivity contribution is -0.141. The number of hydrogen-bond donors (Lipinski definition) is 1. The van der Waals surface area contributed by atoms with Crippen molar-refractivity contribution in [1.29, 1.82) is 0 Å². The van der Waals surface area contributed by atoms with Gasteiger partial charge in [0.25, 0.3) is 0 Å². The number of carbonyl (C=O) groups excluding carboxylic acids is 2. The molecule has 0 aliphatic rings. The predicted molar refractivity (Wildman–Crippen MR) is 120 cm³/mol. The van der Waals surface area contributed by atoms with Crippen molar-refractivity contribution in [2.45, 2.75) is 45.7 Å². The average molecular weight is 431 g/mol. The van der Waals surface area contributed by atoms with Crippen molar-refractivity contribution in [2.24, 2.45) is 0 Å². The highest BCUT2D eigenvalue weighted by atomic mass is 35.5. The van der Waals surface area contributed by atoms with E-state index in [1.54, 1.807) is 17.0 Å². The fourth-order valence-electron chi connectivity index (χ4n) is 3.19. The molecule has 0 spiro atoms. The van der Waals surface area contributed by atoms with Crippen molar-refractivity contribution < 1.29 is 14.3 Å². The van der Waals surface area contributed by atoms with Crippen molar-refractivity contribution in [3.63, 3.8) is 0 Å². The van der Waals surface area contributed by atoms with Crippen molar-refractivity contribution >= 4 is 23.4 Å². The van der Waals surface area contributed by atoms with E-state index in [-0.39, 0.29) is 11.8 Å². The molecule has 0 aliphatic carbocycles. The highest BCUT2D eigenvalue weighted by Gasteiger charge is 2.29. The van der Waals surface area contributed by atoms with Gasteiger partial charge in [-0.1, -0.05) is 61.0 Å². The van der Waals surface area contributed by atoms with Gasteiger partial charge >= 0.3 is 0 Å². The summed E-state index contributed by atoms with van der Waals surface area (Å²) in [6.45, 7) is 5.89. The topological polar surface area (TPSA) is 58.6 Å². The Labute approximate surface area is 184 Å². The minimum Gasteiger partial charge on any atom is -0.382 e. The second kappa shape index (κ2) is 13.0. The van der Waals surface area contributed by atoms with Crippen LogP contribution in [0, 0.1) is 0 Å². The number of nitrogens with one attached hydrogen (secondary N) is 1. The molecule has 0 saturated carbocycles. The van der Waals surface area contributed by atoms with Gasteiger partial charge in [0.1, 0.15) is 6.04 Å². The molecule has 0 radical (unpaired) electrons. The SMILES string of the molecule is CCOCCCNC(=O)[C@H](Cc1ccccc1)N(Cc1ccc(Cl)cc1)C(=O)CC. The van der Waals surface area contributed by atoms with Crippen molar-refractivity contribution in [2.75, 3.05) is 19.8 Å². The van der Waals surface area contributed by atoms with E-state index in [0.29, 0.717) is 44.2 Å². The van der Waals surface area contributed by atoms with Gasteiger partial charge in [-0.25, -0.2) is 0 Å². The van der Waals surface area contributed by atoms with Crippen LogP contribution in [0.2, 0.25) is 5.02 Å². The van der Waals surface area contributed by atoms with Crippen molar-refractivity contribution in [3.8, 4) is 0 Å². The second-order valence-electron chi connectivity index (χ2n) is 7.05. The monoisotopic (exact) mass is 430 g/mol. The van der Waals surface area contributed by atoms with Gasteiger partial charge in [-0.05, 0) is 36.6 Å². The molecule has 0 aliphatic heterocycles. The van der Waals surface area contributed by atoms with E-state index in [2.05, 4.69) is 5.32 Å². The summed E-state index contributed by atoms with van der Waals surface area (Å²) >= 11 is 6.00. The number of ether oxygens (including phenoxy) is 1. The molecule has 0 fully saturated rings. The summed E-state index contributed by atoms with van der Waals surface area (Å²) in [6, 6.07) is 16.6. The van der Waals surface area contributed by atoms with E-state index in [4.69, 9.17) is 16.3 Å². The number of amides is 2. The molecule has 30 heavy (non-hydrogen) atoms. The zero-order valence-corrected chi connectivity index (χ0v) is 18.5. The molecule has 2 aromatic carbocycles. The minimum absolute atomic E-state index is 0.0599. The fraction of sp³-hybridized carbons (Fsp3) is 0.417. The van der Waals surface area contributed by atoms with E-state index >= 15 is 0 Å². The Balaban J connectivity index is 2.20. The van der Waals surface area contributed by atoms with Gasteiger partial charge in [0.05, 0.1) is 0 Å². The summed E-state index contributed by atoms with van der Waals surface area (Å²) in [7, 11) is 0. The van der Waals surface area contributed by atoms with Crippen LogP contribution in [0.15, 0.2) is 54.6 Å². The maximum atomic E-state index is 13.1. The molecule has 0 aromatic heterocycles. The van der Waals surface area contributed by atoms with E-state index in [1.807, 2.05) is 56.3 Å². The summed E-state index contributed by atoms with van der Waals surface area (Å²) in [4.78, 5) is 27.6. The van der Waals surface area contributed by atoms with Crippen LogP contribution in [-0.4, -0.2) is 42.5 Å². The third kappa shape index (κ3) is 7.81. The first-order chi connectivity index (χ1) is 14.5. The highest BCUT2D eigenvalue weighted by molar-refractivity contribution is 6.30. The number of halogens is 1. The first-order valence-electron chi connectivity index (χ1n) is 10.5. The Morgan fingerprint density at radius 3 is 2.37 bits per heavy atom. The average Bonchev–Trinajstić information content (AvgIpc) is 2.77. The van der Waals surface area contributed by atoms with E-state index in [0.717, 1.165) is 17.5 Å². The normalized spacial score (nSPS) is 11.7. The van der Waals surface area contributed by atoms with Crippen LogP contribution >= 0.6 is 11.6 Å². The predicted octanol–water partition coefficient (Wildman–Crippen LogP) is 4.23. The van der Waals surface area contributed by atoms with Crippen molar-refractivity contribution in [3.05, 3.63) is 70.7 Å². The zero-order valence-electron chi connectivity index (χ0n) is 17.8. The highest BCUT2D eigenvalue weighted by Crippen LogP contribution is 2.17. The van der Waals surface area contributed by atoms with Crippen LogP contribution in [0.4, 0.5) is 0 Å². The molecule has 1 atom stereocenters. The van der Waals surface area contributed by atoms with Gasteiger partial charge in [-0.2, -0.15) is 0 Å². The molecule has 2 aromatic rings. The first kappa shape index (κ1) is 23.9. The van der Waals surface area contributed by atoms with Crippen LogP contribution in [0.5, 0.6) is 0 Å². The van der Waals surface area contributed by atoms with Crippen molar-refractivity contribution in [1.82, 2.24) is 10.2 Å². The Hall–Kier alpha value is -2.37. The third-order valence-electron chi connectivity index (χ3n) is 4.81. The molecule has 0 heterocycles. The van der Waals surface area contributed by atoms with Gasteiger partial charge in [0.15, 0.2) is 0 Å². The Morgan fingerprint density at radius 1 is 1.03 bits per heavy atom. The number of hydrogen-bond acceptors (Lipinski definition) is 3. The first-order valence-corrected chi connectivity index (χ1v) is 10.9.